The van der Waals surface area contributed by atoms with Crippen LogP contribution in [0.15, 0.2) is 140 Å². The van der Waals surface area contributed by atoms with Crippen LogP contribution in [0.5, 0.6) is 5.75 Å². The lowest BCUT2D eigenvalue weighted by molar-refractivity contribution is 0.184. The number of ether oxygens (including phenoxy) is 2. The summed E-state index contributed by atoms with van der Waals surface area (Å²) in [5, 5.41) is 13.8. The number of aromatic nitrogens is 5. The zero-order valence-electron chi connectivity index (χ0n) is 28.0. The molecule has 7 nitrogen and oxygen atoms in total. The maximum Gasteiger partial charge on any atom is 0.184 e. The molecule has 0 bridgehead atoms. The summed E-state index contributed by atoms with van der Waals surface area (Å²) in [6.45, 7) is 4.42. The minimum atomic E-state index is -0.856. The van der Waals surface area contributed by atoms with Gasteiger partial charge < -0.3 is 9.47 Å². The first kappa shape index (κ1) is 31.7. The molecule has 0 saturated carbocycles. The van der Waals surface area contributed by atoms with Crippen LogP contribution in [0.2, 0.25) is 0 Å². The van der Waals surface area contributed by atoms with Crippen LogP contribution in [-0.4, -0.2) is 39.4 Å². The number of tetrazole rings is 1. The summed E-state index contributed by atoms with van der Waals surface area (Å²) < 4.78 is 13.4. The highest BCUT2D eigenvalue weighted by Crippen LogP contribution is 2.44. The SMILES string of the molecule is COCc1c(C)nc(C)c(OC)c1-c1ccc(-c2ccccc2-c2nnnn2C(c2ccccc2)(c2ccccc2)c2ccccc2)cc1. The molecule has 242 valence electrons. The Morgan fingerprint density at radius 2 is 1.10 bits per heavy atom. The molecule has 0 radical (unpaired) electrons. The van der Waals surface area contributed by atoms with Crippen molar-refractivity contribution >= 4 is 0 Å². The predicted octanol–water partition coefficient (Wildman–Crippen LogP) is 8.68. The van der Waals surface area contributed by atoms with E-state index in [2.05, 4.69) is 120 Å². The minimum Gasteiger partial charge on any atom is -0.494 e. The lowest BCUT2D eigenvalue weighted by atomic mass is 9.77. The van der Waals surface area contributed by atoms with Gasteiger partial charge in [0.25, 0.3) is 0 Å². The maximum atomic E-state index is 5.87. The van der Waals surface area contributed by atoms with Gasteiger partial charge in [0.05, 0.1) is 19.4 Å². The zero-order valence-corrected chi connectivity index (χ0v) is 28.0. The van der Waals surface area contributed by atoms with Crippen molar-refractivity contribution in [1.29, 1.82) is 0 Å². The molecule has 5 aromatic carbocycles. The summed E-state index contributed by atoms with van der Waals surface area (Å²) in [5.41, 5.74) is 10.1. The smallest absolute Gasteiger partial charge is 0.184 e. The van der Waals surface area contributed by atoms with E-state index in [1.165, 1.54) is 0 Å². The number of rotatable bonds is 10. The van der Waals surface area contributed by atoms with E-state index in [1.807, 2.05) is 42.8 Å². The van der Waals surface area contributed by atoms with Gasteiger partial charge >= 0.3 is 0 Å². The van der Waals surface area contributed by atoms with Crippen LogP contribution in [0.3, 0.4) is 0 Å². The Balaban J connectivity index is 1.42. The van der Waals surface area contributed by atoms with Gasteiger partial charge in [-0.05, 0) is 57.7 Å². The van der Waals surface area contributed by atoms with Crippen LogP contribution in [-0.2, 0) is 16.9 Å². The highest BCUT2D eigenvalue weighted by molar-refractivity contribution is 5.83. The Morgan fingerprint density at radius 3 is 1.63 bits per heavy atom. The number of aryl methyl sites for hydroxylation is 2. The zero-order chi connectivity index (χ0) is 33.8. The van der Waals surface area contributed by atoms with E-state index in [-0.39, 0.29) is 0 Å². The van der Waals surface area contributed by atoms with Gasteiger partial charge in [-0.15, -0.1) is 5.10 Å². The monoisotopic (exact) mass is 643 g/mol. The number of hydrogen-bond acceptors (Lipinski definition) is 6. The van der Waals surface area contributed by atoms with Crippen molar-refractivity contribution in [1.82, 2.24) is 25.2 Å². The summed E-state index contributed by atoms with van der Waals surface area (Å²) in [6, 6.07) is 48.2. The lowest BCUT2D eigenvalue weighted by Gasteiger charge is -2.36. The van der Waals surface area contributed by atoms with E-state index in [0.29, 0.717) is 12.4 Å². The molecule has 7 rings (SSSR count). The molecule has 0 amide bonds. The normalized spacial score (nSPS) is 11.4. The predicted molar refractivity (Wildman–Crippen MR) is 193 cm³/mol. The Morgan fingerprint density at radius 1 is 0.592 bits per heavy atom. The molecule has 0 atom stereocenters. The molecule has 0 aliphatic carbocycles. The third-order valence-electron chi connectivity index (χ3n) is 9.14. The molecule has 2 aromatic heterocycles. The van der Waals surface area contributed by atoms with Crippen molar-refractivity contribution in [3.63, 3.8) is 0 Å². The molecule has 0 unspecified atom stereocenters. The summed E-state index contributed by atoms with van der Waals surface area (Å²) in [6.07, 6.45) is 0. The van der Waals surface area contributed by atoms with Gasteiger partial charge in [0.2, 0.25) is 0 Å². The molecule has 0 aliphatic heterocycles. The first-order valence-corrected chi connectivity index (χ1v) is 16.3. The van der Waals surface area contributed by atoms with Crippen LogP contribution < -0.4 is 4.74 Å². The van der Waals surface area contributed by atoms with Crippen molar-refractivity contribution in [2.75, 3.05) is 14.2 Å². The van der Waals surface area contributed by atoms with E-state index in [1.54, 1.807) is 14.2 Å². The van der Waals surface area contributed by atoms with Gasteiger partial charge in [-0.3, -0.25) is 4.98 Å². The highest BCUT2D eigenvalue weighted by Gasteiger charge is 2.42. The van der Waals surface area contributed by atoms with Crippen molar-refractivity contribution < 1.29 is 9.47 Å². The second-order valence-corrected chi connectivity index (χ2v) is 11.9. The summed E-state index contributed by atoms with van der Waals surface area (Å²) in [7, 11) is 3.39. The Labute approximate surface area is 286 Å². The standard InChI is InChI=1S/C42H37N5O2/c1-29-38(28-48-3)39(40(49-4)30(2)43-29)32-26-24-31(25-27-32)36-22-14-15-23-37(36)41-44-45-46-47(41)42(33-16-8-5-9-17-33,34-18-10-6-11-19-34)35-20-12-7-13-21-35/h5-27H,28H2,1-4H3. The van der Waals surface area contributed by atoms with E-state index in [4.69, 9.17) is 24.8 Å². The quantitative estimate of drug-likeness (QED) is 0.139. The van der Waals surface area contributed by atoms with Crippen LogP contribution in [0, 0.1) is 13.8 Å². The van der Waals surface area contributed by atoms with Crippen molar-refractivity contribution in [2.45, 2.75) is 26.0 Å². The maximum absolute atomic E-state index is 5.87. The number of methoxy groups -OCH3 is 2. The molecule has 0 fully saturated rings. The third-order valence-corrected chi connectivity index (χ3v) is 9.14. The molecule has 49 heavy (non-hydrogen) atoms. The summed E-state index contributed by atoms with van der Waals surface area (Å²) >= 11 is 0. The summed E-state index contributed by atoms with van der Waals surface area (Å²) in [5.74, 6) is 1.41. The van der Waals surface area contributed by atoms with Crippen molar-refractivity contribution in [2.24, 2.45) is 0 Å². The second-order valence-electron chi connectivity index (χ2n) is 11.9. The van der Waals surface area contributed by atoms with Crippen LogP contribution >= 0.6 is 0 Å². The molecule has 7 heteroatoms. The van der Waals surface area contributed by atoms with Crippen LogP contribution in [0.4, 0.5) is 0 Å². The molecule has 0 saturated heterocycles. The lowest BCUT2D eigenvalue weighted by Crippen LogP contribution is -2.39. The Hall–Kier alpha value is -5.92. The van der Waals surface area contributed by atoms with Gasteiger partial charge in [0.15, 0.2) is 5.82 Å². The topological polar surface area (TPSA) is 75.0 Å². The fourth-order valence-electron chi connectivity index (χ4n) is 6.98. The Bertz CT molecular complexity index is 2080. The largest absolute Gasteiger partial charge is 0.494 e. The van der Waals surface area contributed by atoms with Crippen molar-refractivity contribution in [3.05, 3.63) is 173 Å². The molecule has 0 spiro atoms. The molecule has 0 aliphatic rings. The van der Waals surface area contributed by atoms with Crippen LogP contribution in [0.25, 0.3) is 33.6 Å². The molecular weight excluding hydrogens is 606 g/mol. The number of benzene rings is 5. The molecule has 2 heterocycles. The molecule has 7 aromatic rings. The van der Waals surface area contributed by atoms with Gasteiger partial charge in [0, 0.05) is 29.5 Å². The van der Waals surface area contributed by atoms with Crippen LogP contribution in [0.1, 0.15) is 33.6 Å². The number of nitrogens with zero attached hydrogens (tertiary/aromatic N) is 5. The Kier molecular flexibility index (Phi) is 8.83. The van der Waals surface area contributed by atoms with E-state index < -0.39 is 5.54 Å². The number of pyridine rings is 1. The van der Waals surface area contributed by atoms with Gasteiger partial charge in [-0.1, -0.05) is 140 Å². The van der Waals surface area contributed by atoms with E-state index in [9.17, 15) is 0 Å². The van der Waals surface area contributed by atoms with Gasteiger partial charge in [-0.25, -0.2) is 4.68 Å². The van der Waals surface area contributed by atoms with E-state index >= 15 is 0 Å². The fraction of sp³-hybridized carbons (Fsp3) is 0.143. The second kappa shape index (κ2) is 13.7. The van der Waals surface area contributed by atoms with Gasteiger partial charge in [-0.2, -0.15) is 0 Å². The average Bonchev–Trinajstić information content (AvgIpc) is 3.64. The first-order valence-electron chi connectivity index (χ1n) is 16.3. The highest BCUT2D eigenvalue weighted by atomic mass is 16.5. The third kappa shape index (κ3) is 5.58. The summed E-state index contributed by atoms with van der Waals surface area (Å²) in [4.78, 5) is 4.72. The van der Waals surface area contributed by atoms with E-state index in [0.717, 1.165) is 67.2 Å². The fourth-order valence-corrected chi connectivity index (χ4v) is 6.98. The molecular formula is C42H37N5O2. The van der Waals surface area contributed by atoms with Gasteiger partial charge in [0.1, 0.15) is 11.3 Å². The first-order chi connectivity index (χ1) is 24.1. The molecule has 0 N–H and O–H groups in total. The minimum absolute atomic E-state index is 0.435. The average molecular weight is 644 g/mol. The number of hydrogen-bond donors (Lipinski definition) is 0. The van der Waals surface area contributed by atoms with Crippen molar-refractivity contribution in [3.8, 4) is 39.4 Å².